The lowest BCUT2D eigenvalue weighted by Gasteiger charge is -2.08. The van der Waals surface area contributed by atoms with Gasteiger partial charge in [-0.05, 0) is 30.3 Å². The van der Waals surface area contributed by atoms with E-state index < -0.39 is 23.1 Å². The van der Waals surface area contributed by atoms with Gasteiger partial charge in [-0.2, -0.15) is 0 Å². The standard InChI is InChI=1S/C13H9ClF2N2O/c14-8-6-7(4-5-11(8)17)18-13(19)12-9(15)2-1-3-10(12)16/h1-6H,17H2,(H,18,19). The molecule has 0 aliphatic heterocycles. The lowest BCUT2D eigenvalue weighted by Crippen LogP contribution is -2.15. The molecule has 0 spiro atoms. The Hall–Kier alpha value is -2.14. The SMILES string of the molecule is Nc1ccc(NC(=O)c2c(F)cccc2F)cc1Cl. The predicted octanol–water partition coefficient (Wildman–Crippen LogP) is 3.45. The topological polar surface area (TPSA) is 55.1 Å². The number of carbonyl (C=O) groups excluding carboxylic acids is 1. The van der Waals surface area contributed by atoms with Gasteiger partial charge in [0.2, 0.25) is 0 Å². The second-order valence-electron chi connectivity index (χ2n) is 3.79. The highest BCUT2D eigenvalue weighted by molar-refractivity contribution is 6.33. The van der Waals surface area contributed by atoms with Crippen molar-refractivity contribution in [2.45, 2.75) is 0 Å². The van der Waals surface area contributed by atoms with Gasteiger partial charge in [-0.15, -0.1) is 0 Å². The molecule has 6 heteroatoms. The van der Waals surface area contributed by atoms with Gasteiger partial charge in [-0.25, -0.2) is 8.78 Å². The molecular formula is C13H9ClF2N2O. The maximum Gasteiger partial charge on any atom is 0.261 e. The molecule has 2 rings (SSSR count). The fraction of sp³-hybridized carbons (Fsp3) is 0. The van der Waals surface area contributed by atoms with E-state index in [1.165, 1.54) is 24.3 Å². The van der Waals surface area contributed by atoms with Crippen molar-refractivity contribution < 1.29 is 13.6 Å². The predicted molar refractivity (Wildman–Crippen MR) is 70.2 cm³/mol. The molecule has 0 saturated carbocycles. The van der Waals surface area contributed by atoms with Crippen LogP contribution in [-0.2, 0) is 0 Å². The Morgan fingerprint density at radius 2 is 1.79 bits per heavy atom. The molecule has 1 amide bonds. The van der Waals surface area contributed by atoms with Crippen molar-refractivity contribution in [3.05, 3.63) is 58.6 Å². The van der Waals surface area contributed by atoms with Crippen LogP contribution in [0.2, 0.25) is 5.02 Å². The molecule has 0 unspecified atom stereocenters. The average molecular weight is 283 g/mol. The van der Waals surface area contributed by atoms with Crippen LogP contribution in [0.5, 0.6) is 0 Å². The van der Waals surface area contributed by atoms with E-state index in [9.17, 15) is 13.6 Å². The van der Waals surface area contributed by atoms with Crippen molar-refractivity contribution in [2.75, 3.05) is 11.1 Å². The summed E-state index contributed by atoms with van der Waals surface area (Å²) in [6.07, 6.45) is 0. The van der Waals surface area contributed by atoms with Gasteiger partial charge in [-0.1, -0.05) is 17.7 Å². The number of nitrogen functional groups attached to an aromatic ring is 1. The maximum atomic E-state index is 13.4. The third-order valence-corrected chi connectivity index (χ3v) is 2.78. The number of carbonyl (C=O) groups is 1. The summed E-state index contributed by atoms with van der Waals surface area (Å²) in [5.41, 5.74) is 5.51. The minimum atomic E-state index is -0.931. The summed E-state index contributed by atoms with van der Waals surface area (Å²) in [7, 11) is 0. The number of nitrogens with one attached hydrogen (secondary N) is 1. The fourth-order valence-corrected chi connectivity index (χ4v) is 1.69. The third-order valence-electron chi connectivity index (χ3n) is 2.45. The van der Waals surface area contributed by atoms with E-state index in [1.807, 2.05) is 0 Å². The van der Waals surface area contributed by atoms with Crippen LogP contribution in [0.15, 0.2) is 36.4 Å². The van der Waals surface area contributed by atoms with Crippen LogP contribution >= 0.6 is 11.6 Å². The summed E-state index contributed by atoms with van der Waals surface area (Å²) in [5, 5.41) is 2.59. The molecule has 2 aromatic carbocycles. The van der Waals surface area contributed by atoms with E-state index >= 15 is 0 Å². The number of amides is 1. The number of hydrogen-bond acceptors (Lipinski definition) is 2. The largest absolute Gasteiger partial charge is 0.398 e. The first-order valence-electron chi connectivity index (χ1n) is 5.29. The summed E-state index contributed by atoms with van der Waals surface area (Å²) < 4.78 is 26.8. The van der Waals surface area contributed by atoms with E-state index in [4.69, 9.17) is 17.3 Å². The average Bonchev–Trinajstić information content (AvgIpc) is 2.33. The number of anilines is 2. The molecule has 2 aromatic rings. The van der Waals surface area contributed by atoms with Gasteiger partial charge in [0.25, 0.3) is 5.91 Å². The number of hydrogen-bond donors (Lipinski definition) is 2. The summed E-state index contributed by atoms with van der Waals surface area (Å²) in [6, 6.07) is 7.56. The lowest BCUT2D eigenvalue weighted by molar-refractivity contribution is 0.101. The van der Waals surface area contributed by atoms with Gasteiger partial charge in [0.15, 0.2) is 0 Å². The van der Waals surface area contributed by atoms with Gasteiger partial charge in [-0.3, -0.25) is 4.79 Å². The van der Waals surface area contributed by atoms with Crippen LogP contribution in [0, 0.1) is 11.6 Å². The number of nitrogens with two attached hydrogens (primary N) is 1. The Labute approximate surface area is 113 Å². The molecule has 3 N–H and O–H groups in total. The van der Waals surface area contributed by atoms with Gasteiger partial charge < -0.3 is 11.1 Å². The Bertz CT molecular complexity index is 626. The van der Waals surface area contributed by atoms with E-state index in [0.29, 0.717) is 11.4 Å². The highest BCUT2D eigenvalue weighted by Crippen LogP contribution is 2.23. The van der Waals surface area contributed by atoms with E-state index in [1.54, 1.807) is 0 Å². The molecule has 0 saturated heterocycles. The minimum Gasteiger partial charge on any atom is -0.398 e. The quantitative estimate of drug-likeness (QED) is 0.829. The zero-order valence-corrected chi connectivity index (χ0v) is 10.3. The molecule has 98 valence electrons. The minimum absolute atomic E-state index is 0.242. The second-order valence-corrected chi connectivity index (χ2v) is 4.19. The normalized spacial score (nSPS) is 10.3. The first kappa shape index (κ1) is 13.3. The zero-order valence-electron chi connectivity index (χ0n) is 9.58. The molecule has 3 nitrogen and oxygen atoms in total. The summed E-state index contributed by atoms with van der Waals surface area (Å²) in [5.74, 6) is -2.76. The smallest absolute Gasteiger partial charge is 0.261 e. The lowest BCUT2D eigenvalue weighted by atomic mass is 10.1. The van der Waals surface area contributed by atoms with Crippen molar-refractivity contribution in [3.63, 3.8) is 0 Å². The molecular weight excluding hydrogens is 274 g/mol. The van der Waals surface area contributed by atoms with Gasteiger partial charge in [0, 0.05) is 5.69 Å². The van der Waals surface area contributed by atoms with E-state index in [-0.39, 0.29) is 5.02 Å². The van der Waals surface area contributed by atoms with Crippen molar-refractivity contribution >= 4 is 28.9 Å². The van der Waals surface area contributed by atoms with Crippen molar-refractivity contribution in [1.82, 2.24) is 0 Å². The van der Waals surface area contributed by atoms with E-state index in [0.717, 1.165) is 12.1 Å². The molecule has 0 heterocycles. The Balaban J connectivity index is 2.28. The first-order valence-corrected chi connectivity index (χ1v) is 5.67. The van der Waals surface area contributed by atoms with Crippen LogP contribution in [0.3, 0.4) is 0 Å². The zero-order chi connectivity index (χ0) is 14.0. The monoisotopic (exact) mass is 282 g/mol. The second kappa shape index (κ2) is 5.24. The molecule has 19 heavy (non-hydrogen) atoms. The summed E-state index contributed by atoms with van der Waals surface area (Å²) in [6.45, 7) is 0. The molecule has 0 fully saturated rings. The van der Waals surface area contributed by atoms with E-state index in [2.05, 4.69) is 5.32 Å². The highest BCUT2D eigenvalue weighted by atomic mass is 35.5. The molecule has 0 atom stereocenters. The van der Waals surface area contributed by atoms with Crippen molar-refractivity contribution in [1.29, 1.82) is 0 Å². The molecule has 0 bridgehead atoms. The third kappa shape index (κ3) is 2.82. The summed E-state index contributed by atoms with van der Waals surface area (Å²) in [4.78, 5) is 11.8. The number of halogens is 3. The van der Waals surface area contributed by atoms with Gasteiger partial charge >= 0.3 is 0 Å². The Morgan fingerprint density at radius 1 is 1.16 bits per heavy atom. The van der Waals surface area contributed by atoms with Crippen molar-refractivity contribution in [3.8, 4) is 0 Å². The number of benzene rings is 2. The van der Waals surface area contributed by atoms with Gasteiger partial charge in [0.1, 0.15) is 17.2 Å². The first-order chi connectivity index (χ1) is 8.99. The van der Waals surface area contributed by atoms with Crippen LogP contribution < -0.4 is 11.1 Å². The van der Waals surface area contributed by atoms with Crippen LogP contribution in [-0.4, -0.2) is 5.91 Å². The van der Waals surface area contributed by atoms with Gasteiger partial charge in [0.05, 0.1) is 10.7 Å². The Morgan fingerprint density at radius 3 is 2.37 bits per heavy atom. The van der Waals surface area contributed by atoms with Crippen LogP contribution in [0.1, 0.15) is 10.4 Å². The fourth-order valence-electron chi connectivity index (χ4n) is 1.51. The molecule has 0 aliphatic carbocycles. The molecule has 0 aromatic heterocycles. The van der Waals surface area contributed by atoms with Crippen molar-refractivity contribution in [2.24, 2.45) is 0 Å². The summed E-state index contributed by atoms with van der Waals surface area (Å²) >= 11 is 5.78. The molecule has 0 radical (unpaired) electrons. The van der Waals surface area contributed by atoms with Crippen LogP contribution in [0.25, 0.3) is 0 Å². The maximum absolute atomic E-state index is 13.4. The number of rotatable bonds is 2. The highest BCUT2D eigenvalue weighted by Gasteiger charge is 2.17. The van der Waals surface area contributed by atoms with Crippen LogP contribution in [0.4, 0.5) is 20.2 Å². The molecule has 0 aliphatic rings. The Kier molecular flexibility index (Phi) is 3.66.